The lowest BCUT2D eigenvalue weighted by atomic mass is 10.2. The highest BCUT2D eigenvalue weighted by Crippen LogP contribution is 2.12. The van der Waals surface area contributed by atoms with E-state index in [0.29, 0.717) is 18.2 Å². The zero-order valence-corrected chi connectivity index (χ0v) is 9.79. The van der Waals surface area contributed by atoms with Crippen molar-refractivity contribution >= 4 is 11.8 Å². The van der Waals surface area contributed by atoms with Crippen molar-refractivity contribution in [3.8, 4) is 0 Å². The maximum atomic E-state index is 11.0. The van der Waals surface area contributed by atoms with Gasteiger partial charge >= 0.3 is 5.97 Å². The second-order valence-electron chi connectivity index (χ2n) is 3.65. The lowest BCUT2D eigenvalue weighted by Gasteiger charge is -2.07. The summed E-state index contributed by atoms with van der Waals surface area (Å²) in [4.78, 5) is 23.2. The number of hydrogen-bond acceptors (Lipinski definition) is 5. The number of aromatic carboxylic acids is 1. The molecule has 2 aromatic rings. The van der Waals surface area contributed by atoms with Crippen LogP contribution in [0, 0.1) is 6.92 Å². The summed E-state index contributed by atoms with van der Waals surface area (Å²) in [5.41, 5.74) is 0.924. The fraction of sp³-hybridized carbons (Fsp3) is 0.167. The van der Waals surface area contributed by atoms with E-state index in [2.05, 4.69) is 20.3 Å². The smallest absolute Gasteiger partial charge is 0.339 e. The first-order valence-electron chi connectivity index (χ1n) is 5.37. The Bertz CT molecular complexity index is 572. The third-order valence-electron chi connectivity index (χ3n) is 2.31. The van der Waals surface area contributed by atoms with E-state index >= 15 is 0 Å². The van der Waals surface area contributed by atoms with Crippen molar-refractivity contribution in [2.24, 2.45) is 0 Å². The first-order valence-corrected chi connectivity index (χ1v) is 5.37. The SMILES string of the molecule is Cc1nccc(CNc2ncccc2C(=O)O)n1. The molecule has 18 heavy (non-hydrogen) atoms. The number of aryl methyl sites for hydroxylation is 1. The van der Waals surface area contributed by atoms with Gasteiger partial charge in [-0.05, 0) is 25.1 Å². The van der Waals surface area contributed by atoms with Crippen LogP contribution in [0.1, 0.15) is 21.9 Å². The summed E-state index contributed by atoms with van der Waals surface area (Å²) in [7, 11) is 0. The maximum Gasteiger partial charge on any atom is 0.339 e. The van der Waals surface area contributed by atoms with E-state index in [0.717, 1.165) is 5.69 Å². The van der Waals surface area contributed by atoms with Crippen LogP contribution in [-0.2, 0) is 6.54 Å². The summed E-state index contributed by atoms with van der Waals surface area (Å²) in [6.07, 6.45) is 3.20. The van der Waals surface area contributed by atoms with Gasteiger partial charge in [-0.25, -0.2) is 19.7 Å². The Morgan fingerprint density at radius 2 is 2.17 bits per heavy atom. The molecule has 6 heteroatoms. The minimum atomic E-state index is -1.01. The minimum Gasteiger partial charge on any atom is -0.478 e. The van der Waals surface area contributed by atoms with Crippen LogP contribution < -0.4 is 5.32 Å². The zero-order chi connectivity index (χ0) is 13.0. The normalized spacial score (nSPS) is 10.1. The number of rotatable bonds is 4. The number of hydrogen-bond donors (Lipinski definition) is 2. The quantitative estimate of drug-likeness (QED) is 0.847. The Kier molecular flexibility index (Phi) is 3.47. The number of nitrogens with one attached hydrogen (secondary N) is 1. The lowest BCUT2D eigenvalue weighted by molar-refractivity contribution is 0.0697. The molecule has 0 fully saturated rings. The molecule has 2 heterocycles. The predicted molar refractivity (Wildman–Crippen MR) is 65.3 cm³/mol. The van der Waals surface area contributed by atoms with Gasteiger partial charge in [0.25, 0.3) is 0 Å². The van der Waals surface area contributed by atoms with E-state index in [1.807, 2.05) is 0 Å². The van der Waals surface area contributed by atoms with E-state index in [9.17, 15) is 4.79 Å². The van der Waals surface area contributed by atoms with Crippen LogP contribution in [0.4, 0.5) is 5.82 Å². The molecule has 0 saturated carbocycles. The molecule has 0 spiro atoms. The van der Waals surface area contributed by atoms with E-state index < -0.39 is 5.97 Å². The number of carbonyl (C=O) groups is 1. The number of anilines is 1. The van der Waals surface area contributed by atoms with Crippen molar-refractivity contribution in [1.29, 1.82) is 0 Å². The fourth-order valence-corrected chi connectivity index (χ4v) is 1.50. The monoisotopic (exact) mass is 244 g/mol. The molecule has 0 aliphatic heterocycles. The van der Waals surface area contributed by atoms with Crippen molar-refractivity contribution < 1.29 is 9.90 Å². The van der Waals surface area contributed by atoms with Gasteiger partial charge in [-0.1, -0.05) is 0 Å². The summed E-state index contributed by atoms with van der Waals surface area (Å²) < 4.78 is 0. The van der Waals surface area contributed by atoms with Gasteiger partial charge in [0.15, 0.2) is 0 Å². The molecule has 0 bridgehead atoms. The number of carboxylic acids is 1. The molecular formula is C12H12N4O2. The first-order chi connectivity index (χ1) is 8.66. The Balaban J connectivity index is 2.13. The van der Waals surface area contributed by atoms with Crippen molar-refractivity contribution in [1.82, 2.24) is 15.0 Å². The topological polar surface area (TPSA) is 88.0 Å². The Morgan fingerprint density at radius 3 is 2.89 bits per heavy atom. The number of carboxylic acid groups (broad SMARTS) is 1. The molecule has 0 amide bonds. The van der Waals surface area contributed by atoms with E-state index in [4.69, 9.17) is 5.11 Å². The molecule has 0 aromatic carbocycles. The molecule has 92 valence electrons. The first kappa shape index (κ1) is 12.0. The molecule has 2 aromatic heterocycles. The maximum absolute atomic E-state index is 11.0. The second-order valence-corrected chi connectivity index (χ2v) is 3.65. The molecule has 0 atom stereocenters. The molecule has 2 N–H and O–H groups in total. The molecule has 0 aliphatic carbocycles. The van der Waals surface area contributed by atoms with Gasteiger partial charge < -0.3 is 10.4 Å². The highest BCUT2D eigenvalue weighted by molar-refractivity contribution is 5.92. The van der Waals surface area contributed by atoms with Gasteiger partial charge in [-0.3, -0.25) is 0 Å². The van der Waals surface area contributed by atoms with Crippen LogP contribution in [0.3, 0.4) is 0 Å². The number of aromatic nitrogens is 3. The minimum absolute atomic E-state index is 0.142. The Labute approximate surface area is 104 Å². The van der Waals surface area contributed by atoms with E-state index in [-0.39, 0.29) is 5.56 Å². The van der Waals surface area contributed by atoms with Crippen LogP contribution in [0.25, 0.3) is 0 Å². The van der Waals surface area contributed by atoms with E-state index in [1.54, 1.807) is 31.5 Å². The highest BCUT2D eigenvalue weighted by atomic mass is 16.4. The van der Waals surface area contributed by atoms with Gasteiger partial charge in [0.2, 0.25) is 0 Å². The zero-order valence-electron chi connectivity index (χ0n) is 9.79. The molecular weight excluding hydrogens is 232 g/mol. The van der Waals surface area contributed by atoms with Gasteiger partial charge in [0.05, 0.1) is 12.2 Å². The number of pyridine rings is 1. The van der Waals surface area contributed by atoms with Crippen LogP contribution >= 0.6 is 0 Å². The average Bonchev–Trinajstić information content (AvgIpc) is 2.37. The predicted octanol–water partition coefficient (Wildman–Crippen LogP) is 1.49. The van der Waals surface area contributed by atoms with Crippen molar-refractivity contribution in [3.63, 3.8) is 0 Å². The van der Waals surface area contributed by atoms with Crippen LogP contribution in [0.15, 0.2) is 30.6 Å². The molecule has 0 unspecified atom stereocenters. The van der Waals surface area contributed by atoms with Crippen molar-refractivity contribution in [3.05, 3.63) is 47.7 Å². The van der Waals surface area contributed by atoms with Crippen LogP contribution in [0.5, 0.6) is 0 Å². The van der Waals surface area contributed by atoms with Crippen LogP contribution in [-0.4, -0.2) is 26.0 Å². The van der Waals surface area contributed by atoms with Crippen molar-refractivity contribution in [2.45, 2.75) is 13.5 Å². The van der Waals surface area contributed by atoms with Crippen LogP contribution in [0.2, 0.25) is 0 Å². The summed E-state index contributed by atoms with van der Waals surface area (Å²) in [5, 5.41) is 12.0. The lowest BCUT2D eigenvalue weighted by Crippen LogP contribution is -2.09. The third kappa shape index (κ3) is 2.79. The Morgan fingerprint density at radius 1 is 1.33 bits per heavy atom. The van der Waals surface area contributed by atoms with E-state index in [1.165, 1.54) is 6.07 Å². The molecule has 6 nitrogen and oxygen atoms in total. The summed E-state index contributed by atoms with van der Waals surface area (Å²) in [5.74, 6) is -0.000452. The molecule has 0 aliphatic rings. The summed E-state index contributed by atoms with van der Waals surface area (Å²) in [6, 6.07) is 4.86. The standard InChI is InChI=1S/C12H12N4O2/c1-8-13-6-4-9(16-8)7-15-11-10(12(17)18)3-2-5-14-11/h2-6H,7H2,1H3,(H,14,15)(H,17,18). The van der Waals surface area contributed by atoms with Gasteiger partial charge in [-0.2, -0.15) is 0 Å². The Hall–Kier alpha value is -2.50. The molecule has 0 radical (unpaired) electrons. The van der Waals surface area contributed by atoms with Gasteiger partial charge in [0, 0.05) is 12.4 Å². The summed E-state index contributed by atoms with van der Waals surface area (Å²) >= 11 is 0. The highest BCUT2D eigenvalue weighted by Gasteiger charge is 2.10. The van der Waals surface area contributed by atoms with Gasteiger partial charge in [-0.15, -0.1) is 0 Å². The molecule has 0 saturated heterocycles. The third-order valence-corrected chi connectivity index (χ3v) is 2.31. The number of nitrogens with zero attached hydrogens (tertiary/aromatic N) is 3. The average molecular weight is 244 g/mol. The molecule has 2 rings (SSSR count). The van der Waals surface area contributed by atoms with Crippen molar-refractivity contribution in [2.75, 3.05) is 5.32 Å². The van der Waals surface area contributed by atoms with Gasteiger partial charge in [0.1, 0.15) is 17.2 Å². The largest absolute Gasteiger partial charge is 0.478 e. The summed E-state index contributed by atoms with van der Waals surface area (Å²) in [6.45, 7) is 2.20. The fourth-order valence-electron chi connectivity index (χ4n) is 1.50. The second kappa shape index (κ2) is 5.22.